The Morgan fingerprint density at radius 2 is 2.10 bits per heavy atom. The molecule has 2 heterocycles. The lowest BCUT2D eigenvalue weighted by molar-refractivity contribution is -0.141. The summed E-state index contributed by atoms with van der Waals surface area (Å²) in [5, 5.41) is 27.2. The Balaban J connectivity index is 1.96. The van der Waals surface area contributed by atoms with Gasteiger partial charge in [0.05, 0.1) is 18.5 Å². The van der Waals surface area contributed by atoms with Gasteiger partial charge in [0.15, 0.2) is 9.92 Å². The van der Waals surface area contributed by atoms with E-state index in [0.717, 1.165) is 6.20 Å². The van der Waals surface area contributed by atoms with Crippen LogP contribution in [0.25, 0.3) is 0 Å². The lowest BCUT2D eigenvalue weighted by atomic mass is 10.1. The number of halogens is 3. The van der Waals surface area contributed by atoms with Crippen molar-refractivity contribution in [2.24, 2.45) is 9.50 Å². The van der Waals surface area contributed by atoms with Crippen molar-refractivity contribution < 1.29 is 32.4 Å². The van der Waals surface area contributed by atoms with Crippen LogP contribution in [0.3, 0.4) is 0 Å². The number of rotatable bonds is 4. The van der Waals surface area contributed by atoms with E-state index in [1.54, 1.807) is 0 Å². The first-order valence-electron chi connectivity index (χ1n) is 9.01. The number of amides is 2. The van der Waals surface area contributed by atoms with Gasteiger partial charge in [-0.25, -0.2) is 24.1 Å². The fraction of sp³-hybridized carbons (Fsp3) is 0.471. The third kappa shape index (κ3) is 4.72. The highest BCUT2D eigenvalue weighted by Crippen LogP contribution is 2.39. The van der Waals surface area contributed by atoms with Gasteiger partial charge in [-0.05, 0) is 38.7 Å². The first-order chi connectivity index (χ1) is 14.3. The molecule has 0 aliphatic heterocycles. The zero-order valence-corrected chi connectivity index (χ0v) is 18.1. The van der Waals surface area contributed by atoms with Gasteiger partial charge in [-0.15, -0.1) is 15.7 Å². The summed E-state index contributed by atoms with van der Waals surface area (Å²) >= 11 is 0.695. The number of anilines is 1. The standard InChI is InChI=1S/C17H20F3N5O4S2/c1-8-12(9-4-3-5-10(9)23-13(8)17(18,19)20)24-15(27)25-31(21,29)11-6-22-14(30-11)16(2,28)7-26/h6,26,28H,3-5,7H2,1-2H3,(H3,21,23,24,25,27,29). The third-order valence-electron chi connectivity index (χ3n) is 4.73. The molecule has 0 aromatic carbocycles. The first-order valence-corrected chi connectivity index (χ1v) is 11.4. The number of aliphatic hydroxyl groups excluding tert-OH is 1. The van der Waals surface area contributed by atoms with Crippen LogP contribution in [0.2, 0.25) is 0 Å². The summed E-state index contributed by atoms with van der Waals surface area (Å²) < 4.78 is 56.1. The summed E-state index contributed by atoms with van der Waals surface area (Å²) in [4.78, 5) is 20.0. The van der Waals surface area contributed by atoms with E-state index >= 15 is 0 Å². The Morgan fingerprint density at radius 3 is 2.71 bits per heavy atom. The molecule has 31 heavy (non-hydrogen) atoms. The second-order valence-electron chi connectivity index (χ2n) is 7.24. The van der Waals surface area contributed by atoms with Crippen molar-refractivity contribution in [2.45, 2.75) is 49.1 Å². The smallest absolute Gasteiger partial charge is 0.393 e. The summed E-state index contributed by atoms with van der Waals surface area (Å²) in [6.07, 6.45) is -2.28. The van der Waals surface area contributed by atoms with E-state index in [9.17, 15) is 32.4 Å². The topological polar surface area (TPSA) is 151 Å². The van der Waals surface area contributed by atoms with E-state index in [0.29, 0.717) is 36.2 Å². The summed E-state index contributed by atoms with van der Waals surface area (Å²) in [6, 6.07) is -1.19. The SMILES string of the molecule is Cc1c(C(F)(F)F)nc2c(c1NC(=O)N=S(N)(=O)c1cnc(C(C)(O)CO)s1)CCC2. The molecule has 170 valence electrons. The van der Waals surface area contributed by atoms with E-state index in [1.165, 1.54) is 13.8 Å². The van der Waals surface area contributed by atoms with E-state index in [-0.39, 0.29) is 26.2 Å². The lowest BCUT2D eigenvalue weighted by Crippen LogP contribution is -2.25. The third-order valence-corrected chi connectivity index (χ3v) is 7.86. The maximum atomic E-state index is 13.3. The molecule has 2 amide bonds. The Morgan fingerprint density at radius 1 is 1.42 bits per heavy atom. The largest absolute Gasteiger partial charge is 0.433 e. The maximum absolute atomic E-state index is 13.3. The van der Waals surface area contributed by atoms with Crippen molar-refractivity contribution >= 4 is 33.0 Å². The molecule has 5 N–H and O–H groups in total. The number of fused-ring (bicyclic) bond motifs is 1. The highest BCUT2D eigenvalue weighted by atomic mass is 32.2. The van der Waals surface area contributed by atoms with Crippen LogP contribution in [0, 0.1) is 6.92 Å². The van der Waals surface area contributed by atoms with Gasteiger partial charge < -0.3 is 15.5 Å². The molecular formula is C17H20F3N5O4S2. The van der Waals surface area contributed by atoms with Gasteiger partial charge in [0.1, 0.15) is 20.5 Å². The quantitative estimate of drug-likeness (QED) is 0.529. The van der Waals surface area contributed by atoms with Crippen molar-refractivity contribution in [1.29, 1.82) is 0 Å². The fourth-order valence-electron chi connectivity index (χ4n) is 3.14. The van der Waals surface area contributed by atoms with Crippen molar-refractivity contribution in [3.63, 3.8) is 0 Å². The number of hydrogen-bond acceptors (Lipinski definition) is 7. The van der Waals surface area contributed by atoms with Crippen molar-refractivity contribution in [3.05, 3.63) is 33.7 Å². The summed E-state index contributed by atoms with van der Waals surface area (Å²) in [5.41, 5.74) is -2.40. The molecule has 1 aliphatic rings. The Bertz CT molecular complexity index is 1150. The Kier molecular flexibility index (Phi) is 6.14. The predicted molar refractivity (Wildman–Crippen MR) is 107 cm³/mol. The maximum Gasteiger partial charge on any atom is 0.433 e. The van der Waals surface area contributed by atoms with Crippen molar-refractivity contribution in [3.8, 4) is 0 Å². The Labute approximate surface area is 179 Å². The number of urea groups is 1. The minimum absolute atomic E-state index is 0.0106. The lowest BCUT2D eigenvalue weighted by Gasteiger charge is -2.17. The minimum Gasteiger partial charge on any atom is -0.393 e. The van der Waals surface area contributed by atoms with E-state index < -0.39 is 40.0 Å². The van der Waals surface area contributed by atoms with Gasteiger partial charge in [-0.1, -0.05) is 0 Å². The number of aryl methyl sites for hydroxylation is 1. The number of nitrogens with one attached hydrogen (secondary N) is 1. The van der Waals surface area contributed by atoms with Crippen LogP contribution in [0.5, 0.6) is 0 Å². The van der Waals surface area contributed by atoms with E-state index in [2.05, 4.69) is 19.6 Å². The van der Waals surface area contributed by atoms with Crippen LogP contribution in [-0.2, 0) is 34.5 Å². The van der Waals surface area contributed by atoms with Gasteiger partial charge in [0.25, 0.3) is 0 Å². The van der Waals surface area contributed by atoms with Crippen LogP contribution in [0.4, 0.5) is 23.7 Å². The molecule has 9 nitrogen and oxygen atoms in total. The molecule has 0 spiro atoms. The molecular weight excluding hydrogens is 459 g/mol. The fourth-order valence-corrected chi connectivity index (χ4v) is 5.24. The molecule has 0 radical (unpaired) electrons. The molecule has 14 heteroatoms. The summed E-state index contributed by atoms with van der Waals surface area (Å²) in [6.45, 7) is 1.82. The van der Waals surface area contributed by atoms with Gasteiger partial charge in [0, 0.05) is 11.3 Å². The number of nitrogens with zero attached hydrogens (tertiary/aromatic N) is 3. The second-order valence-corrected chi connectivity index (χ2v) is 10.3. The molecule has 2 atom stereocenters. The number of alkyl halides is 3. The molecule has 2 unspecified atom stereocenters. The number of carbonyl (C=O) groups excluding carboxylic acids is 1. The zero-order chi connectivity index (χ0) is 23.2. The average Bonchev–Trinajstić information content (AvgIpc) is 3.32. The summed E-state index contributed by atoms with van der Waals surface area (Å²) in [5.74, 6) is 0. The van der Waals surface area contributed by atoms with Gasteiger partial charge in [-0.3, -0.25) is 0 Å². The van der Waals surface area contributed by atoms with Crippen molar-refractivity contribution in [1.82, 2.24) is 9.97 Å². The van der Waals surface area contributed by atoms with Crippen LogP contribution >= 0.6 is 11.3 Å². The molecule has 0 bridgehead atoms. The first kappa shape index (κ1) is 23.5. The number of thiazole rings is 1. The molecule has 2 aromatic rings. The van der Waals surface area contributed by atoms with Gasteiger partial charge >= 0.3 is 12.2 Å². The monoisotopic (exact) mass is 479 g/mol. The van der Waals surface area contributed by atoms with Crippen LogP contribution in [0.15, 0.2) is 14.8 Å². The minimum atomic E-state index is -4.71. The number of aromatic nitrogens is 2. The van der Waals surface area contributed by atoms with E-state index in [1.807, 2.05) is 0 Å². The highest BCUT2D eigenvalue weighted by Gasteiger charge is 2.38. The number of nitrogens with two attached hydrogens (primary N) is 1. The molecule has 0 saturated carbocycles. The van der Waals surface area contributed by atoms with Crippen LogP contribution in [-0.4, -0.2) is 37.0 Å². The Hall–Kier alpha value is -2.13. The van der Waals surface area contributed by atoms with Gasteiger partial charge in [-0.2, -0.15) is 13.2 Å². The molecule has 2 aromatic heterocycles. The number of hydrogen-bond donors (Lipinski definition) is 4. The molecule has 0 saturated heterocycles. The number of aliphatic hydroxyl groups is 2. The molecule has 3 rings (SSSR count). The average molecular weight is 480 g/mol. The summed E-state index contributed by atoms with van der Waals surface area (Å²) in [7, 11) is -3.80. The number of pyridine rings is 1. The molecule has 1 aliphatic carbocycles. The van der Waals surface area contributed by atoms with E-state index in [4.69, 9.17) is 5.14 Å². The van der Waals surface area contributed by atoms with Gasteiger partial charge in [0.2, 0.25) is 0 Å². The molecule has 0 fully saturated rings. The normalized spacial score (nSPS) is 17.5. The highest BCUT2D eigenvalue weighted by molar-refractivity contribution is 7.93. The van der Waals surface area contributed by atoms with Crippen LogP contribution in [0.1, 0.15) is 40.9 Å². The number of carbonyl (C=O) groups is 1. The predicted octanol–water partition coefficient (Wildman–Crippen LogP) is 2.49. The van der Waals surface area contributed by atoms with Crippen LogP contribution < -0.4 is 10.5 Å². The second kappa shape index (κ2) is 8.09. The van der Waals surface area contributed by atoms with Crippen molar-refractivity contribution in [2.75, 3.05) is 11.9 Å². The zero-order valence-electron chi connectivity index (χ0n) is 16.5.